The molecular weight excluding hydrogens is 795 g/mol. The average molecular weight is 836 g/mol. The van der Waals surface area contributed by atoms with E-state index in [1.807, 2.05) is 109 Å². The molecule has 0 aliphatic rings. The Labute approximate surface area is 377 Å². The summed E-state index contributed by atoms with van der Waals surface area (Å²) in [7, 11) is 0. The molecule has 0 spiro atoms. The molecular formula is C58H41N7. The molecule has 11 rings (SSSR count). The first-order valence-corrected chi connectivity index (χ1v) is 21.8. The van der Waals surface area contributed by atoms with Gasteiger partial charge in [0, 0.05) is 45.5 Å². The second-order valence-electron chi connectivity index (χ2n) is 15.8. The highest BCUT2D eigenvalue weighted by atomic mass is 15.1. The Bertz CT molecular complexity index is 3340. The summed E-state index contributed by atoms with van der Waals surface area (Å²) >= 11 is 0. The number of fused-ring (bicyclic) bond motifs is 1. The molecule has 7 heteroatoms. The zero-order valence-corrected chi connectivity index (χ0v) is 35.6. The predicted molar refractivity (Wildman–Crippen MR) is 263 cm³/mol. The summed E-state index contributed by atoms with van der Waals surface area (Å²) in [4.78, 5) is 31.0. The number of imidazole rings is 1. The van der Waals surface area contributed by atoms with Gasteiger partial charge in [0.2, 0.25) is 0 Å². The van der Waals surface area contributed by atoms with Crippen molar-refractivity contribution in [2.75, 3.05) is 0 Å². The lowest BCUT2D eigenvalue weighted by atomic mass is 9.89. The van der Waals surface area contributed by atoms with E-state index in [1.54, 1.807) is 0 Å². The number of benzene rings is 8. The van der Waals surface area contributed by atoms with Gasteiger partial charge in [0.1, 0.15) is 5.82 Å². The number of rotatable bonds is 10. The molecule has 0 fully saturated rings. The normalized spacial score (nSPS) is 11.2. The molecule has 0 aliphatic heterocycles. The van der Waals surface area contributed by atoms with Crippen LogP contribution in [-0.4, -0.2) is 34.5 Å². The van der Waals surface area contributed by atoms with Crippen LogP contribution < -0.4 is 0 Å². The molecule has 65 heavy (non-hydrogen) atoms. The van der Waals surface area contributed by atoms with E-state index in [4.69, 9.17) is 29.9 Å². The van der Waals surface area contributed by atoms with Crippen molar-refractivity contribution in [3.63, 3.8) is 0 Å². The van der Waals surface area contributed by atoms with Gasteiger partial charge in [0.25, 0.3) is 0 Å². The molecule has 11 aromatic rings. The molecule has 308 valence electrons. The maximum Gasteiger partial charge on any atom is 0.164 e. The number of hydrogen-bond acceptors (Lipinski definition) is 6. The van der Waals surface area contributed by atoms with Gasteiger partial charge in [-0.3, -0.25) is 0 Å². The first kappa shape index (κ1) is 39.2. The molecule has 8 aromatic carbocycles. The standard InChI is InChI=1S/C58H41N7/c1-2-65-53-33-18-17-32-50(53)61-58(65)45-29-19-28-43(36-45)49-37-44(56-59-51(39-20-7-3-8-21-39)38-52(60-56)40-22-9-4-10-23-40)34-35-47(49)46-30-15-16-31-48(46)57-63-54(41-24-11-5-12-25-41)62-55(64-57)42-26-13-6-14-27-42/h3-38H,2H2,1H3. The number of aryl methyl sites for hydroxylation is 1. The Morgan fingerprint density at radius 2 is 0.785 bits per heavy atom. The number of para-hydroxylation sites is 2. The van der Waals surface area contributed by atoms with E-state index in [9.17, 15) is 0 Å². The first-order valence-electron chi connectivity index (χ1n) is 21.8. The van der Waals surface area contributed by atoms with Crippen molar-refractivity contribution >= 4 is 11.0 Å². The van der Waals surface area contributed by atoms with Crippen LogP contribution in [0.3, 0.4) is 0 Å². The van der Waals surface area contributed by atoms with Crippen molar-refractivity contribution in [1.29, 1.82) is 0 Å². The molecule has 7 nitrogen and oxygen atoms in total. The van der Waals surface area contributed by atoms with E-state index < -0.39 is 0 Å². The van der Waals surface area contributed by atoms with Crippen molar-refractivity contribution in [3.8, 4) is 102 Å². The molecule has 3 aromatic heterocycles. The third-order valence-electron chi connectivity index (χ3n) is 11.7. The Balaban J connectivity index is 1.13. The van der Waals surface area contributed by atoms with E-state index >= 15 is 0 Å². The van der Waals surface area contributed by atoms with E-state index in [-0.39, 0.29) is 0 Å². The van der Waals surface area contributed by atoms with E-state index in [2.05, 4.69) is 121 Å². The average Bonchev–Trinajstić information content (AvgIpc) is 3.78. The fraction of sp³-hybridized carbons (Fsp3) is 0.0345. The predicted octanol–water partition coefficient (Wildman–Crippen LogP) is 14.0. The third-order valence-corrected chi connectivity index (χ3v) is 11.7. The Morgan fingerprint density at radius 1 is 0.308 bits per heavy atom. The monoisotopic (exact) mass is 835 g/mol. The summed E-state index contributed by atoms with van der Waals surface area (Å²) in [5, 5.41) is 0. The van der Waals surface area contributed by atoms with Gasteiger partial charge in [-0.05, 0) is 59.5 Å². The van der Waals surface area contributed by atoms with Gasteiger partial charge < -0.3 is 4.57 Å². The van der Waals surface area contributed by atoms with Crippen molar-refractivity contribution in [2.24, 2.45) is 0 Å². The minimum Gasteiger partial charge on any atom is -0.324 e. The molecule has 3 heterocycles. The lowest BCUT2D eigenvalue weighted by Gasteiger charge is -2.17. The zero-order chi connectivity index (χ0) is 43.5. The van der Waals surface area contributed by atoms with Crippen LogP contribution in [0.4, 0.5) is 0 Å². The van der Waals surface area contributed by atoms with Crippen LogP contribution in [-0.2, 0) is 6.54 Å². The van der Waals surface area contributed by atoms with Crippen LogP contribution in [0.5, 0.6) is 0 Å². The van der Waals surface area contributed by atoms with Crippen LogP contribution in [0.25, 0.3) is 113 Å². The molecule has 0 bridgehead atoms. The van der Waals surface area contributed by atoms with E-state index in [1.165, 1.54) is 0 Å². The molecule has 0 N–H and O–H groups in total. The molecule has 0 radical (unpaired) electrons. The van der Waals surface area contributed by atoms with Gasteiger partial charge in [-0.2, -0.15) is 0 Å². The molecule has 0 amide bonds. The lowest BCUT2D eigenvalue weighted by molar-refractivity contribution is 0.796. The molecule has 0 saturated carbocycles. The van der Waals surface area contributed by atoms with Gasteiger partial charge >= 0.3 is 0 Å². The largest absolute Gasteiger partial charge is 0.324 e. The number of nitrogens with zero attached hydrogens (tertiary/aromatic N) is 7. The van der Waals surface area contributed by atoms with Crippen molar-refractivity contribution < 1.29 is 0 Å². The fourth-order valence-corrected chi connectivity index (χ4v) is 8.53. The second kappa shape index (κ2) is 17.2. The zero-order valence-electron chi connectivity index (χ0n) is 35.6. The summed E-state index contributed by atoms with van der Waals surface area (Å²) in [5.74, 6) is 3.35. The maximum absolute atomic E-state index is 5.24. The topological polar surface area (TPSA) is 82.3 Å². The third kappa shape index (κ3) is 7.76. The SMILES string of the molecule is CCn1c(-c2cccc(-c3cc(-c4nc(-c5ccccc5)cc(-c5ccccc5)n4)ccc3-c3ccccc3-c3nc(-c4ccccc4)nc(-c4ccccc4)n3)c2)nc2ccccc21. The number of aromatic nitrogens is 7. The molecule has 0 saturated heterocycles. The Kier molecular flexibility index (Phi) is 10.4. The highest BCUT2D eigenvalue weighted by Gasteiger charge is 2.21. The minimum absolute atomic E-state index is 0.583. The quantitative estimate of drug-likeness (QED) is 0.136. The molecule has 0 atom stereocenters. The van der Waals surface area contributed by atoms with Crippen molar-refractivity contribution in [2.45, 2.75) is 13.5 Å². The van der Waals surface area contributed by atoms with E-state index in [0.717, 1.165) is 96.0 Å². The van der Waals surface area contributed by atoms with E-state index in [0.29, 0.717) is 23.3 Å². The van der Waals surface area contributed by atoms with Crippen LogP contribution in [0, 0.1) is 0 Å². The molecule has 0 aliphatic carbocycles. The summed E-state index contributed by atoms with van der Waals surface area (Å²) in [5.41, 5.74) is 14.5. The maximum atomic E-state index is 5.24. The second-order valence-corrected chi connectivity index (χ2v) is 15.8. The summed E-state index contributed by atoms with van der Waals surface area (Å²) in [6.45, 7) is 2.95. The Morgan fingerprint density at radius 3 is 1.40 bits per heavy atom. The Hall–Kier alpha value is -8.68. The van der Waals surface area contributed by atoms with Gasteiger partial charge in [-0.25, -0.2) is 29.9 Å². The van der Waals surface area contributed by atoms with Crippen LogP contribution >= 0.6 is 0 Å². The minimum atomic E-state index is 0.583. The van der Waals surface area contributed by atoms with Crippen molar-refractivity contribution in [1.82, 2.24) is 34.5 Å². The number of hydrogen-bond donors (Lipinski definition) is 0. The first-order chi connectivity index (χ1) is 32.2. The van der Waals surface area contributed by atoms with Gasteiger partial charge in [-0.1, -0.05) is 188 Å². The fourth-order valence-electron chi connectivity index (χ4n) is 8.53. The molecule has 0 unspecified atom stereocenters. The van der Waals surface area contributed by atoms with Crippen LogP contribution in [0.2, 0.25) is 0 Å². The highest BCUT2D eigenvalue weighted by Crippen LogP contribution is 2.41. The van der Waals surface area contributed by atoms with Crippen LogP contribution in [0.1, 0.15) is 6.92 Å². The van der Waals surface area contributed by atoms with Gasteiger partial charge in [0.15, 0.2) is 23.3 Å². The van der Waals surface area contributed by atoms with Gasteiger partial charge in [-0.15, -0.1) is 0 Å². The smallest absolute Gasteiger partial charge is 0.164 e. The van der Waals surface area contributed by atoms with Crippen molar-refractivity contribution in [3.05, 3.63) is 218 Å². The van der Waals surface area contributed by atoms with Crippen LogP contribution in [0.15, 0.2) is 218 Å². The van der Waals surface area contributed by atoms with Gasteiger partial charge in [0.05, 0.1) is 22.4 Å². The lowest BCUT2D eigenvalue weighted by Crippen LogP contribution is -2.01. The highest BCUT2D eigenvalue weighted by molar-refractivity contribution is 5.93. The summed E-state index contributed by atoms with van der Waals surface area (Å²) in [6.07, 6.45) is 0. The summed E-state index contributed by atoms with van der Waals surface area (Å²) in [6, 6.07) is 74.8. The summed E-state index contributed by atoms with van der Waals surface area (Å²) < 4.78 is 2.28.